The van der Waals surface area contributed by atoms with Gasteiger partial charge in [0.15, 0.2) is 0 Å². The summed E-state index contributed by atoms with van der Waals surface area (Å²) in [6, 6.07) is 5.99. The largest absolute Gasteiger partial charge is 0.294 e. The molecule has 1 aromatic carbocycles. The molecule has 6 heteroatoms. The zero-order chi connectivity index (χ0) is 10.5. The van der Waals surface area contributed by atoms with Crippen LogP contribution in [0.15, 0.2) is 29.2 Å². The molecule has 13 heavy (non-hydrogen) atoms. The van der Waals surface area contributed by atoms with Crippen molar-refractivity contribution >= 4 is 21.9 Å². The summed E-state index contributed by atoms with van der Waals surface area (Å²) in [7, 11) is -4.02. The SMILES string of the molecule is Cc1ccc(S(=O)(=O)O)cc1.NCl. The number of hydrogen-bond donors (Lipinski definition) is 2. The van der Waals surface area contributed by atoms with E-state index in [2.05, 4.69) is 17.0 Å². The summed E-state index contributed by atoms with van der Waals surface area (Å²) < 4.78 is 29.6. The summed E-state index contributed by atoms with van der Waals surface area (Å²) in [5.74, 6) is 0. The van der Waals surface area contributed by atoms with Gasteiger partial charge in [-0.3, -0.25) is 4.55 Å². The van der Waals surface area contributed by atoms with Crippen LogP contribution in [0.4, 0.5) is 0 Å². The van der Waals surface area contributed by atoms with Gasteiger partial charge >= 0.3 is 0 Å². The Kier molecular flexibility index (Phi) is 4.94. The number of aryl methyl sites for hydroxylation is 1. The smallest absolute Gasteiger partial charge is 0.282 e. The highest BCUT2D eigenvalue weighted by molar-refractivity contribution is 7.85. The second-order valence-corrected chi connectivity index (χ2v) is 3.71. The average molecular weight is 224 g/mol. The van der Waals surface area contributed by atoms with Crippen molar-refractivity contribution in [1.82, 2.24) is 0 Å². The minimum absolute atomic E-state index is 0.0666. The van der Waals surface area contributed by atoms with E-state index in [1.165, 1.54) is 12.1 Å². The highest BCUT2D eigenvalue weighted by Gasteiger charge is 2.06. The van der Waals surface area contributed by atoms with E-state index in [0.717, 1.165) is 5.56 Å². The summed E-state index contributed by atoms with van der Waals surface area (Å²) in [6.45, 7) is 1.84. The van der Waals surface area contributed by atoms with Crippen molar-refractivity contribution in [1.29, 1.82) is 0 Å². The molecule has 4 nitrogen and oxygen atoms in total. The van der Waals surface area contributed by atoms with Crippen LogP contribution in [0.1, 0.15) is 5.56 Å². The van der Waals surface area contributed by atoms with E-state index in [4.69, 9.17) is 4.55 Å². The van der Waals surface area contributed by atoms with E-state index < -0.39 is 10.1 Å². The lowest BCUT2D eigenvalue weighted by molar-refractivity contribution is 0.483. The molecule has 1 rings (SSSR count). The van der Waals surface area contributed by atoms with E-state index in [0.29, 0.717) is 0 Å². The molecule has 0 saturated carbocycles. The van der Waals surface area contributed by atoms with Gasteiger partial charge in [0.2, 0.25) is 0 Å². The van der Waals surface area contributed by atoms with Crippen LogP contribution in [0.3, 0.4) is 0 Å². The van der Waals surface area contributed by atoms with Gasteiger partial charge in [0.05, 0.1) is 4.90 Å². The third-order valence-electron chi connectivity index (χ3n) is 1.32. The Bertz CT molecular complexity index is 347. The minimum atomic E-state index is -4.02. The predicted octanol–water partition coefficient (Wildman–Crippen LogP) is 1.34. The third kappa shape index (κ3) is 4.23. The average Bonchev–Trinajstić information content (AvgIpc) is 2.07. The molecule has 0 unspecified atom stereocenters. The molecule has 0 spiro atoms. The molecule has 0 saturated heterocycles. The molecule has 0 heterocycles. The van der Waals surface area contributed by atoms with Crippen molar-refractivity contribution in [2.75, 3.05) is 0 Å². The maximum absolute atomic E-state index is 10.5. The Morgan fingerprint density at radius 3 is 1.92 bits per heavy atom. The van der Waals surface area contributed by atoms with Gasteiger partial charge in [0, 0.05) is 0 Å². The van der Waals surface area contributed by atoms with Crippen LogP contribution in [0.5, 0.6) is 0 Å². The van der Waals surface area contributed by atoms with Gasteiger partial charge < -0.3 is 0 Å². The fourth-order valence-corrected chi connectivity index (χ4v) is 1.19. The van der Waals surface area contributed by atoms with Crippen molar-refractivity contribution in [3.05, 3.63) is 29.8 Å². The van der Waals surface area contributed by atoms with Crippen LogP contribution in [0, 0.1) is 6.92 Å². The molecule has 0 aromatic heterocycles. The first kappa shape index (κ1) is 12.4. The Hall–Kier alpha value is -0.620. The third-order valence-corrected chi connectivity index (χ3v) is 2.19. The quantitative estimate of drug-likeness (QED) is 0.556. The second-order valence-electron chi connectivity index (χ2n) is 2.29. The first-order valence-electron chi connectivity index (χ1n) is 3.26. The number of halogens is 1. The van der Waals surface area contributed by atoms with Crippen LogP contribution in [0.25, 0.3) is 0 Å². The van der Waals surface area contributed by atoms with E-state index in [1.54, 1.807) is 12.1 Å². The van der Waals surface area contributed by atoms with Crippen LogP contribution in [0.2, 0.25) is 0 Å². The summed E-state index contributed by atoms with van der Waals surface area (Å²) in [4.78, 5) is -0.0666. The maximum Gasteiger partial charge on any atom is 0.294 e. The number of benzene rings is 1. The number of rotatable bonds is 1. The molecule has 3 N–H and O–H groups in total. The van der Waals surface area contributed by atoms with Gasteiger partial charge in [0.25, 0.3) is 10.1 Å². The molecule has 74 valence electrons. The van der Waals surface area contributed by atoms with Gasteiger partial charge in [-0.2, -0.15) is 8.42 Å². The van der Waals surface area contributed by atoms with Gasteiger partial charge in [0.1, 0.15) is 0 Å². The molecular weight excluding hydrogens is 214 g/mol. The minimum Gasteiger partial charge on any atom is -0.282 e. The zero-order valence-electron chi connectivity index (χ0n) is 6.94. The lowest BCUT2D eigenvalue weighted by Gasteiger charge is -1.95. The standard InChI is InChI=1S/C7H8O3S.ClH2N/c1-6-2-4-7(5-3-6)11(8,9)10;1-2/h2-5H,1H3,(H,8,9,10);2H2. The Balaban J connectivity index is 0.000000671. The lowest BCUT2D eigenvalue weighted by atomic mass is 10.2. The van der Waals surface area contributed by atoms with E-state index in [1.807, 2.05) is 6.92 Å². The highest BCUT2D eigenvalue weighted by atomic mass is 35.5. The Morgan fingerprint density at radius 1 is 1.23 bits per heavy atom. The molecule has 0 bridgehead atoms. The molecule has 0 aliphatic carbocycles. The Morgan fingerprint density at radius 2 is 1.62 bits per heavy atom. The maximum atomic E-state index is 10.5. The Labute approximate surface area is 82.2 Å². The highest BCUT2D eigenvalue weighted by Crippen LogP contribution is 2.08. The van der Waals surface area contributed by atoms with Crippen LogP contribution >= 0.6 is 11.8 Å². The van der Waals surface area contributed by atoms with Crippen molar-refractivity contribution in [3.8, 4) is 0 Å². The summed E-state index contributed by atoms with van der Waals surface area (Å²) in [5, 5.41) is 3.97. The van der Waals surface area contributed by atoms with Gasteiger partial charge in [-0.25, -0.2) is 5.25 Å². The predicted molar refractivity (Wildman–Crippen MR) is 51.0 cm³/mol. The molecule has 0 amide bonds. The summed E-state index contributed by atoms with van der Waals surface area (Å²) in [5.41, 5.74) is 0.956. The molecular formula is C7H10ClNO3S. The molecule has 0 aliphatic heterocycles. The number of nitrogens with two attached hydrogens (primary N) is 1. The van der Waals surface area contributed by atoms with Crippen LogP contribution in [-0.2, 0) is 10.1 Å². The zero-order valence-corrected chi connectivity index (χ0v) is 8.51. The molecule has 0 atom stereocenters. The first-order valence-corrected chi connectivity index (χ1v) is 5.14. The molecule has 0 aliphatic rings. The van der Waals surface area contributed by atoms with E-state index >= 15 is 0 Å². The van der Waals surface area contributed by atoms with Crippen LogP contribution in [-0.4, -0.2) is 13.0 Å². The van der Waals surface area contributed by atoms with Crippen molar-refractivity contribution in [3.63, 3.8) is 0 Å². The summed E-state index contributed by atoms with van der Waals surface area (Å²) in [6.07, 6.45) is 0. The van der Waals surface area contributed by atoms with Gasteiger partial charge in [-0.1, -0.05) is 17.7 Å². The fraction of sp³-hybridized carbons (Fsp3) is 0.143. The monoisotopic (exact) mass is 223 g/mol. The first-order chi connectivity index (χ1) is 6.00. The van der Waals surface area contributed by atoms with E-state index in [9.17, 15) is 8.42 Å². The van der Waals surface area contributed by atoms with E-state index in [-0.39, 0.29) is 4.90 Å². The molecule has 0 fully saturated rings. The van der Waals surface area contributed by atoms with Crippen molar-refractivity contribution in [2.24, 2.45) is 5.25 Å². The van der Waals surface area contributed by atoms with Crippen LogP contribution < -0.4 is 5.25 Å². The second kappa shape index (κ2) is 5.18. The number of hydrogen-bond acceptors (Lipinski definition) is 3. The molecule has 0 radical (unpaired) electrons. The lowest BCUT2D eigenvalue weighted by Crippen LogP contribution is -1.96. The normalized spacial score (nSPS) is 10.2. The molecule has 1 aromatic rings. The van der Waals surface area contributed by atoms with Gasteiger partial charge in [-0.15, -0.1) is 0 Å². The van der Waals surface area contributed by atoms with Crippen molar-refractivity contribution < 1.29 is 13.0 Å². The summed E-state index contributed by atoms with van der Waals surface area (Å²) >= 11 is 4.14. The van der Waals surface area contributed by atoms with Gasteiger partial charge in [-0.05, 0) is 30.8 Å². The van der Waals surface area contributed by atoms with Crippen molar-refractivity contribution in [2.45, 2.75) is 11.8 Å². The fourth-order valence-electron chi connectivity index (χ4n) is 0.710. The topological polar surface area (TPSA) is 80.4 Å².